The molecule has 0 spiro atoms. The number of aromatic carboxylic acids is 1. The quantitative estimate of drug-likeness (QED) is 0.508. The molecule has 0 saturated carbocycles. The van der Waals surface area contributed by atoms with Crippen LogP contribution in [0.1, 0.15) is 15.9 Å². The average molecular weight is 207 g/mol. The summed E-state index contributed by atoms with van der Waals surface area (Å²) in [6.07, 6.45) is 2.25. The van der Waals surface area contributed by atoms with Gasteiger partial charge in [-0.25, -0.2) is 9.59 Å². The Morgan fingerprint density at radius 1 is 1.27 bits per heavy atom. The molecule has 0 unspecified atom stereocenters. The lowest BCUT2D eigenvalue weighted by molar-refractivity contribution is -0.131. The molecule has 0 heterocycles. The van der Waals surface area contributed by atoms with E-state index in [0.29, 0.717) is 5.56 Å². The highest BCUT2D eigenvalue weighted by atomic mass is 16.4. The smallest absolute Gasteiger partial charge is 0.335 e. The van der Waals surface area contributed by atoms with Crippen LogP contribution in [-0.4, -0.2) is 22.2 Å². The van der Waals surface area contributed by atoms with Crippen LogP contribution in [0.4, 0.5) is 5.69 Å². The number of rotatable bonds is 3. The van der Waals surface area contributed by atoms with Crippen molar-refractivity contribution in [2.24, 2.45) is 0 Å². The minimum absolute atomic E-state index is 0.0694. The van der Waals surface area contributed by atoms with E-state index in [9.17, 15) is 9.59 Å². The normalized spacial score (nSPS) is 10.4. The molecule has 1 aromatic carbocycles. The minimum atomic E-state index is -1.09. The molecule has 1 rings (SSSR count). The molecule has 0 aliphatic carbocycles. The Hall–Kier alpha value is -2.30. The van der Waals surface area contributed by atoms with Gasteiger partial charge in [-0.3, -0.25) is 0 Å². The van der Waals surface area contributed by atoms with E-state index >= 15 is 0 Å². The maximum absolute atomic E-state index is 10.6. The first-order valence-electron chi connectivity index (χ1n) is 4.04. The molecule has 15 heavy (non-hydrogen) atoms. The summed E-state index contributed by atoms with van der Waals surface area (Å²) >= 11 is 0. The third kappa shape index (κ3) is 2.84. The summed E-state index contributed by atoms with van der Waals surface area (Å²) < 4.78 is 0. The van der Waals surface area contributed by atoms with Crippen molar-refractivity contribution < 1.29 is 19.8 Å². The van der Waals surface area contributed by atoms with E-state index in [2.05, 4.69) is 0 Å². The lowest BCUT2D eigenvalue weighted by atomic mass is 10.1. The highest BCUT2D eigenvalue weighted by molar-refractivity contribution is 5.91. The van der Waals surface area contributed by atoms with E-state index in [1.165, 1.54) is 24.3 Å². The van der Waals surface area contributed by atoms with Gasteiger partial charge in [-0.2, -0.15) is 0 Å². The summed E-state index contributed by atoms with van der Waals surface area (Å²) in [5, 5.41) is 17.0. The number of nitrogens with two attached hydrogens (primary N) is 1. The molecular weight excluding hydrogens is 198 g/mol. The fourth-order valence-electron chi connectivity index (χ4n) is 1.02. The van der Waals surface area contributed by atoms with Gasteiger partial charge in [0.1, 0.15) is 0 Å². The van der Waals surface area contributed by atoms with Crippen molar-refractivity contribution in [3.05, 3.63) is 35.4 Å². The molecule has 0 aliphatic heterocycles. The highest BCUT2D eigenvalue weighted by Crippen LogP contribution is 2.15. The van der Waals surface area contributed by atoms with Gasteiger partial charge in [-0.15, -0.1) is 0 Å². The number of hydrogen-bond acceptors (Lipinski definition) is 3. The maximum Gasteiger partial charge on any atom is 0.335 e. The predicted molar refractivity (Wildman–Crippen MR) is 54.5 cm³/mol. The van der Waals surface area contributed by atoms with Crippen LogP contribution in [-0.2, 0) is 4.79 Å². The second-order valence-corrected chi connectivity index (χ2v) is 2.82. The topological polar surface area (TPSA) is 101 Å². The molecule has 0 radical (unpaired) electrons. The molecule has 5 heteroatoms. The van der Waals surface area contributed by atoms with Gasteiger partial charge in [0.15, 0.2) is 0 Å². The Kier molecular flexibility index (Phi) is 3.07. The van der Waals surface area contributed by atoms with Gasteiger partial charge in [-0.05, 0) is 23.8 Å². The summed E-state index contributed by atoms with van der Waals surface area (Å²) in [7, 11) is 0. The largest absolute Gasteiger partial charge is 0.478 e. The molecule has 1 aromatic rings. The number of hydrogen-bond donors (Lipinski definition) is 3. The Morgan fingerprint density at radius 3 is 2.40 bits per heavy atom. The number of carbonyl (C=O) groups is 2. The summed E-state index contributed by atoms with van der Waals surface area (Å²) in [4.78, 5) is 20.8. The number of anilines is 1. The highest BCUT2D eigenvalue weighted by Gasteiger charge is 2.04. The van der Waals surface area contributed by atoms with E-state index < -0.39 is 11.9 Å². The number of benzene rings is 1. The van der Waals surface area contributed by atoms with Crippen LogP contribution < -0.4 is 5.73 Å². The molecule has 4 N–H and O–H groups in total. The van der Waals surface area contributed by atoms with E-state index in [-0.39, 0.29) is 11.3 Å². The third-order valence-corrected chi connectivity index (χ3v) is 1.74. The van der Waals surface area contributed by atoms with E-state index in [1.807, 2.05) is 0 Å². The van der Waals surface area contributed by atoms with Crippen molar-refractivity contribution >= 4 is 23.7 Å². The third-order valence-electron chi connectivity index (χ3n) is 1.74. The number of aliphatic carboxylic acids is 1. The number of carboxylic acid groups (broad SMARTS) is 2. The Balaban J connectivity index is 3.03. The summed E-state index contributed by atoms with van der Waals surface area (Å²) in [5.74, 6) is -2.16. The number of carboxylic acids is 2. The summed E-state index contributed by atoms with van der Waals surface area (Å²) in [6.45, 7) is 0. The van der Waals surface area contributed by atoms with Crippen LogP contribution in [0.2, 0.25) is 0 Å². The van der Waals surface area contributed by atoms with Crippen molar-refractivity contribution in [3.8, 4) is 0 Å². The zero-order chi connectivity index (χ0) is 11.4. The van der Waals surface area contributed by atoms with Gasteiger partial charge in [0.25, 0.3) is 0 Å². The van der Waals surface area contributed by atoms with Crippen molar-refractivity contribution in [2.75, 3.05) is 5.73 Å². The van der Waals surface area contributed by atoms with Gasteiger partial charge in [0.05, 0.1) is 5.56 Å². The van der Waals surface area contributed by atoms with Gasteiger partial charge in [-0.1, -0.05) is 6.07 Å². The van der Waals surface area contributed by atoms with Crippen molar-refractivity contribution in [2.45, 2.75) is 0 Å². The number of nitrogen functional groups attached to an aromatic ring is 1. The molecule has 0 aromatic heterocycles. The van der Waals surface area contributed by atoms with E-state index in [0.717, 1.165) is 6.08 Å². The average Bonchev–Trinajstić information content (AvgIpc) is 2.15. The first-order valence-corrected chi connectivity index (χ1v) is 4.04. The van der Waals surface area contributed by atoms with Gasteiger partial charge in [0, 0.05) is 11.8 Å². The molecule has 0 saturated heterocycles. The van der Waals surface area contributed by atoms with Crippen LogP contribution in [0.5, 0.6) is 0 Å². The zero-order valence-electron chi connectivity index (χ0n) is 7.68. The maximum atomic E-state index is 10.6. The Labute approximate surface area is 85.5 Å². The monoisotopic (exact) mass is 207 g/mol. The predicted octanol–water partition coefficient (Wildman–Crippen LogP) is 1.06. The van der Waals surface area contributed by atoms with Crippen LogP contribution in [0, 0.1) is 0 Å². The lowest BCUT2D eigenvalue weighted by Gasteiger charge is -2.01. The first kappa shape index (κ1) is 10.8. The molecule has 0 aliphatic rings. The standard InChI is InChI=1S/C10H9NO4/c11-8-5-7(10(14)15)2-1-6(8)3-4-9(12)13/h1-5H,11H2,(H,12,13)(H,14,15)/b4-3+. The van der Waals surface area contributed by atoms with Crippen LogP contribution in [0.3, 0.4) is 0 Å². The zero-order valence-corrected chi connectivity index (χ0v) is 7.68. The second kappa shape index (κ2) is 4.28. The van der Waals surface area contributed by atoms with Crippen LogP contribution >= 0.6 is 0 Å². The van der Waals surface area contributed by atoms with Gasteiger partial charge >= 0.3 is 11.9 Å². The van der Waals surface area contributed by atoms with Crippen LogP contribution in [0.25, 0.3) is 6.08 Å². The second-order valence-electron chi connectivity index (χ2n) is 2.82. The molecule has 78 valence electrons. The van der Waals surface area contributed by atoms with E-state index in [4.69, 9.17) is 15.9 Å². The summed E-state index contributed by atoms with van der Waals surface area (Å²) in [5.41, 5.74) is 6.31. The lowest BCUT2D eigenvalue weighted by Crippen LogP contribution is -1.99. The summed E-state index contributed by atoms with van der Waals surface area (Å²) in [6, 6.07) is 4.10. The molecule has 5 nitrogen and oxygen atoms in total. The van der Waals surface area contributed by atoms with Gasteiger partial charge < -0.3 is 15.9 Å². The molecule has 0 amide bonds. The molecule has 0 fully saturated rings. The fraction of sp³-hybridized carbons (Fsp3) is 0. The minimum Gasteiger partial charge on any atom is -0.478 e. The Morgan fingerprint density at radius 2 is 1.93 bits per heavy atom. The van der Waals surface area contributed by atoms with Crippen molar-refractivity contribution in [3.63, 3.8) is 0 Å². The molecular formula is C10H9NO4. The van der Waals surface area contributed by atoms with Crippen molar-refractivity contribution in [1.29, 1.82) is 0 Å². The van der Waals surface area contributed by atoms with E-state index in [1.54, 1.807) is 0 Å². The van der Waals surface area contributed by atoms with Crippen molar-refractivity contribution in [1.82, 2.24) is 0 Å². The van der Waals surface area contributed by atoms with Crippen LogP contribution in [0.15, 0.2) is 24.3 Å². The molecule has 0 atom stereocenters. The molecule has 0 bridgehead atoms. The first-order chi connectivity index (χ1) is 7.00. The Bertz CT molecular complexity index is 437. The SMILES string of the molecule is Nc1cc(C(=O)O)ccc1/C=C/C(=O)O. The van der Waals surface area contributed by atoms with Gasteiger partial charge in [0.2, 0.25) is 0 Å². The fourth-order valence-corrected chi connectivity index (χ4v) is 1.02.